The van der Waals surface area contributed by atoms with E-state index < -0.39 is 18.6 Å². The second kappa shape index (κ2) is 8.15. The SMILES string of the molecule is O=C(CN1CCC[C@H]1C(=O)N1CCCC1C1CCCC1)NCC(F)(F)F. The van der Waals surface area contributed by atoms with Crippen LogP contribution in [0.2, 0.25) is 0 Å². The lowest BCUT2D eigenvalue weighted by Crippen LogP contribution is -2.51. The van der Waals surface area contributed by atoms with E-state index in [1.807, 2.05) is 10.2 Å². The molecule has 1 aliphatic carbocycles. The number of nitrogens with one attached hydrogen (secondary N) is 1. The summed E-state index contributed by atoms with van der Waals surface area (Å²) in [4.78, 5) is 28.7. The number of carbonyl (C=O) groups is 2. The maximum Gasteiger partial charge on any atom is 0.405 e. The average Bonchev–Trinajstić information content (AvgIpc) is 3.31. The Morgan fingerprint density at radius 2 is 1.65 bits per heavy atom. The van der Waals surface area contributed by atoms with Gasteiger partial charge in [0, 0.05) is 12.6 Å². The van der Waals surface area contributed by atoms with Crippen LogP contribution in [0.5, 0.6) is 0 Å². The van der Waals surface area contributed by atoms with Gasteiger partial charge in [0.1, 0.15) is 6.54 Å². The van der Waals surface area contributed by atoms with Crippen molar-refractivity contribution in [3.05, 3.63) is 0 Å². The first kappa shape index (κ1) is 19.5. The molecule has 1 saturated carbocycles. The van der Waals surface area contributed by atoms with Gasteiger partial charge in [-0.2, -0.15) is 13.2 Å². The quantitative estimate of drug-likeness (QED) is 0.802. The van der Waals surface area contributed by atoms with Crippen molar-refractivity contribution < 1.29 is 22.8 Å². The molecule has 5 nitrogen and oxygen atoms in total. The molecule has 2 saturated heterocycles. The molecule has 1 unspecified atom stereocenters. The summed E-state index contributed by atoms with van der Waals surface area (Å²) in [5, 5.41) is 1.90. The molecule has 2 aliphatic heterocycles. The van der Waals surface area contributed by atoms with Crippen LogP contribution in [0.3, 0.4) is 0 Å². The second-order valence-electron chi connectivity index (χ2n) is 7.81. The van der Waals surface area contributed by atoms with E-state index >= 15 is 0 Å². The lowest BCUT2D eigenvalue weighted by atomic mass is 9.95. The molecule has 0 aromatic rings. The number of hydrogen-bond acceptors (Lipinski definition) is 3. The topological polar surface area (TPSA) is 52.7 Å². The molecule has 2 heterocycles. The zero-order chi connectivity index (χ0) is 18.7. The van der Waals surface area contributed by atoms with Gasteiger partial charge in [0.15, 0.2) is 0 Å². The molecule has 3 rings (SSSR count). The van der Waals surface area contributed by atoms with Crippen molar-refractivity contribution >= 4 is 11.8 Å². The number of hydrogen-bond donors (Lipinski definition) is 1. The fraction of sp³-hybridized carbons (Fsp3) is 0.889. The van der Waals surface area contributed by atoms with E-state index in [9.17, 15) is 22.8 Å². The van der Waals surface area contributed by atoms with Gasteiger partial charge in [-0.25, -0.2) is 0 Å². The maximum atomic E-state index is 13.1. The van der Waals surface area contributed by atoms with Gasteiger partial charge in [0.05, 0.1) is 12.6 Å². The number of carbonyl (C=O) groups excluding carboxylic acids is 2. The minimum Gasteiger partial charge on any atom is -0.346 e. The number of nitrogens with zero attached hydrogens (tertiary/aromatic N) is 2. The summed E-state index contributed by atoms with van der Waals surface area (Å²) >= 11 is 0. The highest BCUT2D eigenvalue weighted by atomic mass is 19.4. The molecule has 2 amide bonds. The van der Waals surface area contributed by atoms with Crippen LogP contribution in [0.4, 0.5) is 13.2 Å². The van der Waals surface area contributed by atoms with Crippen LogP contribution in [0.1, 0.15) is 51.4 Å². The van der Waals surface area contributed by atoms with Crippen LogP contribution >= 0.6 is 0 Å². The van der Waals surface area contributed by atoms with Gasteiger partial charge in [-0.15, -0.1) is 0 Å². The van der Waals surface area contributed by atoms with Gasteiger partial charge in [-0.1, -0.05) is 12.8 Å². The van der Waals surface area contributed by atoms with Gasteiger partial charge in [-0.3, -0.25) is 14.5 Å². The molecule has 3 fully saturated rings. The van der Waals surface area contributed by atoms with Crippen LogP contribution in [0.25, 0.3) is 0 Å². The van der Waals surface area contributed by atoms with Gasteiger partial charge < -0.3 is 10.2 Å². The first-order valence-corrected chi connectivity index (χ1v) is 9.73. The Morgan fingerprint density at radius 1 is 0.962 bits per heavy atom. The van der Waals surface area contributed by atoms with Crippen molar-refractivity contribution in [2.45, 2.75) is 69.6 Å². The maximum absolute atomic E-state index is 13.1. The second-order valence-corrected chi connectivity index (χ2v) is 7.81. The summed E-state index contributed by atoms with van der Waals surface area (Å²) in [5.74, 6) is -0.0114. The largest absolute Gasteiger partial charge is 0.405 e. The molecule has 148 valence electrons. The number of amides is 2. The van der Waals surface area contributed by atoms with Crippen molar-refractivity contribution in [2.24, 2.45) is 5.92 Å². The lowest BCUT2D eigenvalue weighted by Gasteiger charge is -2.34. The molecule has 0 aromatic carbocycles. The van der Waals surface area contributed by atoms with E-state index in [0.29, 0.717) is 24.9 Å². The van der Waals surface area contributed by atoms with Crippen molar-refractivity contribution in [3.63, 3.8) is 0 Å². The Balaban J connectivity index is 1.56. The van der Waals surface area contributed by atoms with Gasteiger partial charge in [-0.05, 0) is 51.0 Å². The van der Waals surface area contributed by atoms with Crippen LogP contribution in [0.15, 0.2) is 0 Å². The van der Waals surface area contributed by atoms with Crippen molar-refractivity contribution in [2.75, 3.05) is 26.2 Å². The first-order chi connectivity index (χ1) is 12.3. The molecule has 0 bridgehead atoms. The molecule has 26 heavy (non-hydrogen) atoms. The Bertz CT molecular complexity index is 520. The number of alkyl halides is 3. The Kier molecular flexibility index (Phi) is 6.10. The van der Waals surface area contributed by atoms with E-state index in [-0.39, 0.29) is 18.5 Å². The normalized spacial score (nSPS) is 28.0. The summed E-state index contributed by atoms with van der Waals surface area (Å²) in [6.45, 7) is -0.120. The fourth-order valence-electron chi connectivity index (χ4n) is 4.82. The number of rotatable bonds is 5. The summed E-state index contributed by atoms with van der Waals surface area (Å²) < 4.78 is 36.7. The summed E-state index contributed by atoms with van der Waals surface area (Å²) in [6.07, 6.45) is 3.96. The zero-order valence-electron chi connectivity index (χ0n) is 15.1. The Labute approximate surface area is 152 Å². The van der Waals surface area contributed by atoms with Gasteiger partial charge in [0.25, 0.3) is 0 Å². The Morgan fingerprint density at radius 3 is 2.35 bits per heavy atom. The molecule has 3 aliphatic rings. The smallest absolute Gasteiger partial charge is 0.346 e. The van der Waals surface area contributed by atoms with Crippen molar-refractivity contribution in [1.82, 2.24) is 15.1 Å². The Hall–Kier alpha value is -1.31. The molecule has 1 N–H and O–H groups in total. The van der Waals surface area contributed by atoms with E-state index in [1.54, 1.807) is 4.90 Å². The van der Waals surface area contributed by atoms with Gasteiger partial charge >= 0.3 is 6.18 Å². The molecule has 0 spiro atoms. The highest BCUT2D eigenvalue weighted by Gasteiger charge is 2.41. The lowest BCUT2D eigenvalue weighted by molar-refractivity contribution is -0.142. The van der Waals surface area contributed by atoms with E-state index in [0.717, 1.165) is 25.8 Å². The van der Waals surface area contributed by atoms with Crippen LogP contribution in [0, 0.1) is 5.92 Å². The molecular weight excluding hydrogens is 347 g/mol. The van der Waals surface area contributed by atoms with Crippen molar-refractivity contribution in [3.8, 4) is 0 Å². The van der Waals surface area contributed by atoms with Crippen molar-refractivity contribution in [1.29, 1.82) is 0 Å². The monoisotopic (exact) mass is 375 g/mol. The third-order valence-corrected chi connectivity index (χ3v) is 6.01. The predicted molar refractivity (Wildman–Crippen MR) is 90.4 cm³/mol. The summed E-state index contributed by atoms with van der Waals surface area (Å²) in [7, 11) is 0. The fourth-order valence-corrected chi connectivity index (χ4v) is 4.82. The summed E-state index contributed by atoms with van der Waals surface area (Å²) in [5.41, 5.74) is 0. The molecule has 8 heteroatoms. The third-order valence-electron chi connectivity index (χ3n) is 6.01. The standard InChI is InChI=1S/C18H28F3N3O2/c19-18(20,21)12-22-16(25)11-23-9-3-8-15(23)17(26)24-10-4-7-14(24)13-5-1-2-6-13/h13-15H,1-12H2,(H,22,25)/t14?,15-/m0/s1. The third kappa shape index (κ3) is 4.69. The average molecular weight is 375 g/mol. The van der Waals surface area contributed by atoms with Gasteiger partial charge in [0.2, 0.25) is 11.8 Å². The molecule has 0 aromatic heterocycles. The van der Waals surface area contributed by atoms with Crippen LogP contribution < -0.4 is 5.32 Å². The van der Waals surface area contributed by atoms with Crippen LogP contribution in [-0.2, 0) is 9.59 Å². The molecule has 0 radical (unpaired) electrons. The predicted octanol–water partition coefficient (Wildman–Crippen LogP) is 2.31. The highest BCUT2D eigenvalue weighted by molar-refractivity contribution is 5.84. The van der Waals surface area contributed by atoms with E-state index in [4.69, 9.17) is 0 Å². The minimum absolute atomic E-state index is 0.0699. The van der Waals surface area contributed by atoms with E-state index in [1.165, 1.54) is 25.7 Å². The minimum atomic E-state index is -4.42. The van der Waals surface area contributed by atoms with E-state index in [2.05, 4.69) is 0 Å². The first-order valence-electron chi connectivity index (χ1n) is 9.73. The number of halogens is 3. The van der Waals surface area contributed by atoms with Crippen LogP contribution in [-0.4, -0.2) is 66.1 Å². The summed E-state index contributed by atoms with van der Waals surface area (Å²) in [6, 6.07) is -0.0554. The molecular formula is C18H28F3N3O2. The number of likely N-dealkylation sites (tertiary alicyclic amines) is 2. The molecule has 2 atom stereocenters. The highest BCUT2D eigenvalue weighted by Crippen LogP contribution is 2.36. The zero-order valence-corrected chi connectivity index (χ0v) is 15.1.